The number of fused-ring (bicyclic) bond motifs is 2. The molecule has 5 rings (SSSR count). The SMILES string of the molecule is Cc1nc2c(OCc3c(F)cccc3F)cccn2c1C(=O)CC1CNN(C(=O)OC(C)(C)C)c2ccc(C(F)(F)F)cc21. The monoisotopic (exact) mass is 616 g/mol. The normalized spacial score (nSPS) is 15.3. The highest BCUT2D eigenvalue weighted by Crippen LogP contribution is 2.39. The van der Waals surface area contributed by atoms with Gasteiger partial charge >= 0.3 is 12.3 Å². The molecule has 0 spiro atoms. The van der Waals surface area contributed by atoms with Crippen molar-refractivity contribution < 1.29 is 41.0 Å². The number of benzene rings is 2. The number of halogens is 5. The molecule has 1 aliphatic heterocycles. The summed E-state index contributed by atoms with van der Waals surface area (Å²) in [6.07, 6.45) is -4.10. The Labute approximate surface area is 249 Å². The summed E-state index contributed by atoms with van der Waals surface area (Å²) >= 11 is 0. The molecule has 8 nitrogen and oxygen atoms in total. The average molecular weight is 617 g/mol. The van der Waals surface area contributed by atoms with E-state index in [2.05, 4.69) is 10.4 Å². The van der Waals surface area contributed by atoms with Gasteiger partial charge in [0.05, 0.1) is 22.5 Å². The number of pyridine rings is 1. The predicted octanol–water partition coefficient (Wildman–Crippen LogP) is 7.14. The van der Waals surface area contributed by atoms with Crippen LogP contribution in [0, 0.1) is 18.6 Å². The fourth-order valence-corrected chi connectivity index (χ4v) is 5.06. The van der Waals surface area contributed by atoms with Crippen molar-refractivity contribution in [3.8, 4) is 5.75 Å². The van der Waals surface area contributed by atoms with Gasteiger partial charge in [0.1, 0.15) is 29.5 Å². The average Bonchev–Trinajstić information content (AvgIpc) is 3.27. The topological polar surface area (TPSA) is 85.2 Å². The van der Waals surface area contributed by atoms with Crippen molar-refractivity contribution in [2.24, 2.45) is 0 Å². The molecule has 1 aliphatic rings. The summed E-state index contributed by atoms with van der Waals surface area (Å²) in [5.41, 5.74) is 1.85. The van der Waals surface area contributed by atoms with Gasteiger partial charge in [-0.15, -0.1) is 0 Å². The van der Waals surface area contributed by atoms with E-state index in [1.54, 1.807) is 46.0 Å². The van der Waals surface area contributed by atoms with Crippen molar-refractivity contribution in [1.29, 1.82) is 0 Å². The lowest BCUT2D eigenvalue weighted by Gasteiger charge is -2.36. The van der Waals surface area contributed by atoms with Crippen LogP contribution in [0.4, 0.5) is 32.4 Å². The number of imidazole rings is 1. The van der Waals surface area contributed by atoms with E-state index < -0.39 is 53.4 Å². The second-order valence-electron chi connectivity index (χ2n) is 11.4. The predicted molar refractivity (Wildman–Crippen MR) is 150 cm³/mol. The van der Waals surface area contributed by atoms with Crippen LogP contribution >= 0.6 is 0 Å². The van der Waals surface area contributed by atoms with Gasteiger partial charge in [-0.25, -0.2) is 29.0 Å². The summed E-state index contributed by atoms with van der Waals surface area (Å²) in [4.78, 5) is 31.0. The molecule has 0 bridgehead atoms. The summed E-state index contributed by atoms with van der Waals surface area (Å²) in [6, 6.07) is 9.57. The maximum absolute atomic E-state index is 14.1. The first-order valence-electron chi connectivity index (χ1n) is 13.7. The quantitative estimate of drug-likeness (QED) is 0.183. The van der Waals surface area contributed by atoms with E-state index in [-0.39, 0.29) is 46.9 Å². The van der Waals surface area contributed by atoms with Crippen LogP contribution in [0.5, 0.6) is 5.75 Å². The van der Waals surface area contributed by atoms with Crippen LogP contribution in [0.2, 0.25) is 0 Å². The van der Waals surface area contributed by atoms with Crippen molar-refractivity contribution in [3.05, 3.63) is 94.4 Å². The summed E-state index contributed by atoms with van der Waals surface area (Å²) in [7, 11) is 0. The lowest BCUT2D eigenvalue weighted by atomic mass is 9.88. The van der Waals surface area contributed by atoms with E-state index in [1.807, 2.05) is 0 Å². The summed E-state index contributed by atoms with van der Waals surface area (Å²) in [5.74, 6) is -2.54. The fourth-order valence-electron chi connectivity index (χ4n) is 5.06. The molecular weight excluding hydrogens is 587 g/mol. The Kier molecular flexibility index (Phi) is 8.10. The van der Waals surface area contributed by atoms with Crippen LogP contribution in [0.3, 0.4) is 0 Å². The number of alkyl halides is 3. The van der Waals surface area contributed by atoms with E-state index in [4.69, 9.17) is 9.47 Å². The maximum Gasteiger partial charge on any atom is 0.429 e. The lowest BCUT2D eigenvalue weighted by Crippen LogP contribution is -2.50. The molecule has 0 radical (unpaired) electrons. The third-order valence-corrected chi connectivity index (χ3v) is 7.03. The van der Waals surface area contributed by atoms with Gasteiger partial charge in [-0.05, 0) is 75.7 Å². The molecule has 1 atom stereocenters. The number of Topliss-reactive ketones (excluding diaryl/α,β-unsaturated/α-hetero) is 1. The Morgan fingerprint density at radius 2 is 1.75 bits per heavy atom. The van der Waals surface area contributed by atoms with Gasteiger partial charge in [0.2, 0.25) is 0 Å². The van der Waals surface area contributed by atoms with Gasteiger partial charge in [-0.2, -0.15) is 13.2 Å². The van der Waals surface area contributed by atoms with E-state index in [0.29, 0.717) is 5.69 Å². The number of rotatable bonds is 6. The number of amides is 1. The van der Waals surface area contributed by atoms with E-state index in [9.17, 15) is 31.5 Å². The van der Waals surface area contributed by atoms with Gasteiger partial charge in [0, 0.05) is 25.1 Å². The minimum absolute atomic E-state index is 0.0301. The Bertz CT molecular complexity index is 1730. The van der Waals surface area contributed by atoms with Crippen molar-refractivity contribution >= 4 is 23.2 Å². The molecule has 2 aromatic heterocycles. The Balaban J connectivity index is 1.45. The summed E-state index contributed by atoms with van der Waals surface area (Å²) < 4.78 is 81.8. The minimum atomic E-state index is -4.65. The number of anilines is 1. The number of carbonyl (C=O) groups excluding carboxylic acids is 2. The first-order chi connectivity index (χ1) is 20.6. The van der Waals surface area contributed by atoms with Gasteiger partial charge in [0.25, 0.3) is 0 Å². The maximum atomic E-state index is 14.1. The fraction of sp³-hybridized carbons (Fsp3) is 0.323. The van der Waals surface area contributed by atoms with E-state index >= 15 is 0 Å². The standard InChI is InChI=1S/C31H29F5N4O4/c1-17-27(39-12-6-9-26(28(39)38-17)43-16-21-22(32)7-5-8-23(21)33)25(41)13-18-15-37-40(29(42)44-30(2,3)4)24-11-10-19(14-20(18)24)31(34,35)36/h5-12,14,18,37H,13,15-16H2,1-4H3. The molecule has 1 N–H and O–H groups in total. The van der Waals surface area contributed by atoms with Crippen molar-refractivity contribution in [2.75, 3.05) is 11.6 Å². The first kappa shape index (κ1) is 30.9. The van der Waals surface area contributed by atoms with E-state index in [1.165, 1.54) is 16.5 Å². The Morgan fingerprint density at radius 1 is 1.05 bits per heavy atom. The van der Waals surface area contributed by atoms with Crippen LogP contribution in [0.15, 0.2) is 54.7 Å². The van der Waals surface area contributed by atoms with Gasteiger partial charge in [0.15, 0.2) is 17.2 Å². The zero-order chi connectivity index (χ0) is 32.0. The molecule has 0 aliphatic carbocycles. The molecule has 13 heteroatoms. The van der Waals surface area contributed by atoms with Crippen LogP contribution in [-0.2, 0) is 17.5 Å². The number of ether oxygens (including phenoxy) is 2. The summed E-state index contributed by atoms with van der Waals surface area (Å²) in [5, 5.41) is 1.04. The second-order valence-corrected chi connectivity index (χ2v) is 11.4. The van der Waals surface area contributed by atoms with Crippen LogP contribution in [-0.4, -0.2) is 33.4 Å². The number of carbonyl (C=O) groups is 2. The number of hydrazine groups is 1. The molecule has 4 aromatic rings. The molecule has 0 saturated heterocycles. The molecule has 2 aromatic carbocycles. The molecule has 0 fully saturated rings. The molecular formula is C31H29F5N4O4. The Morgan fingerprint density at radius 3 is 2.41 bits per heavy atom. The number of nitrogens with zero attached hydrogens (tertiary/aromatic N) is 3. The zero-order valence-corrected chi connectivity index (χ0v) is 24.3. The number of hydrogen-bond acceptors (Lipinski definition) is 6. The molecule has 1 unspecified atom stereocenters. The smallest absolute Gasteiger partial charge is 0.429 e. The summed E-state index contributed by atoms with van der Waals surface area (Å²) in [6.45, 7) is 6.13. The highest BCUT2D eigenvalue weighted by molar-refractivity contribution is 5.98. The molecule has 232 valence electrons. The third kappa shape index (κ3) is 6.23. The lowest BCUT2D eigenvalue weighted by molar-refractivity contribution is -0.137. The highest BCUT2D eigenvalue weighted by atomic mass is 19.4. The second kappa shape index (κ2) is 11.5. The van der Waals surface area contributed by atoms with Gasteiger partial charge < -0.3 is 9.47 Å². The van der Waals surface area contributed by atoms with Gasteiger partial charge in [-0.1, -0.05) is 6.07 Å². The van der Waals surface area contributed by atoms with Crippen molar-refractivity contribution in [1.82, 2.24) is 14.8 Å². The van der Waals surface area contributed by atoms with Crippen molar-refractivity contribution in [2.45, 2.75) is 58.4 Å². The molecule has 1 amide bonds. The van der Waals surface area contributed by atoms with Gasteiger partial charge in [-0.3, -0.25) is 9.20 Å². The first-order valence-corrected chi connectivity index (χ1v) is 13.7. The van der Waals surface area contributed by atoms with Crippen molar-refractivity contribution in [3.63, 3.8) is 0 Å². The minimum Gasteiger partial charge on any atom is -0.485 e. The molecule has 44 heavy (non-hydrogen) atoms. The van der Waals surface area contributed by atoms with Crippen LogP contribution < -0.4 is 15.2 Å². The number of nitrogens with one attached hydrogen (secondary N) is 1. The van der Waals surface area contributed by atoms with E-state index in [0.717, 1.165) is 29.3 Å². The zero-order valence-electron chi connectivity index (χ0n) is 24.3. The molecule has 3 heterocycles. The molecule has 0 saturated carbocycles. The van der Waals surface area contributed by atoms with Crippen LogP contribution in [0.25, 0.3) is 5.65 Å². The number of aryl methyl sites for hydroxylation is 1. The third-order valence-electron chi connectivity index (χ3n) is 7.03. The number of aromatic nitrogens is 2. The largest absolute Gasteiger partial charge is 0.485 e. The highest BCUT2D eigenvalue weighted by Gasteiger charge is 2.37. The number of hydrogen-bond donors (Lipinski definition) is 1. The van der Waals surface area contributed by atoms with Crippen LogP contribution in [0.1, 0.15) is 66.0 Å². The number of ketones is 1. The Hall–Kier alpha value is -4.52.